The Labute approximate surface area is 108 Å². The predicted octanol–water partition coefficient (Wildman–Crippen LogP) is 1.61. The fourth-order valence-electron chi connectivity index (χ4n) is 2.08. The van der Waals surface area contributed by atoms with Gasteiger partial charge in [0.25, 0.3) is 0 Å². The molecule has 1 fully saturated rings. The van der Waals surface area contributed by atoms with E-state index in [0.717, 1.165) is 25.1 Å². The Morgan fingerprint density at radius 1 is 1.28 bits per heavy atom. The zero-order valence-corrected chi connectivity index (χ0v) is 11.5. The Morgan fingerprint density at radius 3 is 2.39 bits per heavy atom. The van der Waals surface area contributed by atoms with Crippen LogP contribution in [0.1, 0.15) is 19.8 Å². The summed E-state index contributed by atoms with van der Waals surface area (Å²) in [6.45, 7) is 3.08. The van der Waals surface area contributed by atoms with Crippen molar-refractivity contribution in [3.63, 3.8) is 0 Å². The zero-order chi connectivity index (χ0) is 13.2. The predicted molar refractivity (Wildman–Crippen MR) is 70.7 cm³/mol. The third kappa shape index (κ3) is 3.23. The number of sulfone groups is 1. The lowest BCUT2D eigenvalue weighted by atomic mass is 9.89. The first-order valence-electron chi connectivity index (χ1n) is 6.19. The average molecular weight is 269 g/mol. The SMILES string of the molecule is CCNC1CC(Oc2ccc(S(C)(=O)=O)cc2)C1. The van der Waals surface area contributed by atoms with Crippen LogP contribution in [0, 0.1) is 0 Å². The van der Waals surface area contributed by atoms with Crippen molar-refractivity contribution >= 4 is 9.84 Å². The van der Waals surface area contributed by atoms with E-state index in [1.807, 2.05) is 0 Å². The van der Waals surface area contributed by atoms with E-state index in [0.29, 0.717) is 10.9 Å². The first kappa shape index (κ1) is 13.4. The second kappa shape index (κ2) is 5.28. The Morgan fingerprint density at radius 2 is 1.89 bits per heavy atom. The Bertz CT molecular complexity index is 489. The summed E-state index contributed by atoms with van der Waals surface area (Å²) in [4.78, 5) is 0.328. The molecule has 1 N–H and O–H groups in total. The summed E-state index contributed by atoms with van der Waals surface area (Å²) in [6, 6.07) is 7.18. The van der Waals surface area contributed by atoms with E-state index < -0.39 is 9.84 Å². The van der Waals surface area contributed by atoms with Gasteiger partial charge < -0.3 is 10.1 Å². The lowest BCUT2D eigenvalue weighted by Gasteiger charge is -2.35. The molecular weight excluding hydrogens is 250 g/mol. The molecular formula is C13H19NO3S. The smallest absolute Gasteiger partial charge is 0.175 e. The van der Waals surface area contributed by atoms with Gasteiger partial charge >= 0.3 is 0 Å². The molecule has 0 atom stereocenters. The van der Waals surface area contributed by atoms with Crippen LogP contribution in [0.4, 0.5) is 0 Å². The second-order valence-electron chi connectivity index (χ2n) is 4.71. The Hall–Kier alpha value is -1.07. The zero-order valence-electron chi connectivity index (χ0n) is 10.7. The van der Waals surface area contributed by atoms with Gasteiger partial charge in [0.1, 0.15) is 11.9 Å². The minimum absolute atomic E-state index is 0.248. The molecule has 0 bridgehead atoms. The molecule has 1 aliphatic carbocycles. The summed E-state index contributed by atoms with van der Waals surface area (Å²) in [5.41, 5.74) is 0. The maximum Gasteiger partial charge on any atom is 0.175 e. The van der Waals surface area contributed by atoms with Crippen molar-refractivity contribution in [1.82, 2.24) is 5.32 Å². The number of hydrogen-bond acceptors (Lipinski definition) is 4. The Kier molecular flexibility index (Phi) is 3.92. The van der Waals surface area contributed by atoms with Gasteiger partial charge in [0, 0.05) is 12.3 Å². The maximum atomic E-state index is 11.3. The molecule has 100 valence electrons. The van der Waals surface area contributed by atoms with Crippen LogP contribution >= 0.6 is 0 Å². The molecule has 0 heterocycles. The van der Waals surface area contributed by atoms with Crippen molar-refractivity contribution in [2.24, 2.45) is 0 Å². The van der Waals surface area contributed by atoms with E-state index >= 15 is 0 Å². The van der Waals surface area contributed by atoms with Crippen LogP contribution in [0.3, 0.4) is 0 Å². The van der Waals surface area contributed by atoms with Crippen molar-refractivity contribution in [2.45, 2.75) is 36.8 Å². The molecule has 1 aromatic rings. The average Bonchev–Trinajstić information content (AvgIpc) is 2.26. The highest BCUT2D eigenvalue weighted by Crippen LogP contribution is 2.26. The lowest BCUT2D eigenvalue weighted by molar-refractivity contribution is 0.0859. The first-order valence-corrected chi connectivity index (χ1v) is 8.08. The normalized spacial score (nSPS) is 23.4. The standard InChI is InChI=1S/C13H19NO3S/c1-3-14-10-8-12(9-10)17-11-4-6-13(7-5-11)18(2,15)16/h4-7,10,12,14H,3,8-9H2,1-2H3. The fraction of sp³-hybridized carbons (Fsp3) is 0.538. The van der Waals surface area contributed by atoms with E-state index in [1.54, 1.807) is 24.3 Å². The minimum Gasteiger partial charge on any atom is -0.490 e. The van der Waals surface area contributed by atoms with Crippen LogP contribution in [-0.4, -0.2) is 33.4 Å². The molecule has 0 amide bonds. The van der Waals surface area contributed by atoms with Crippen molar-refractivity contribution < 1.29 is 13.2 Å². The second-order valence-corrected chi connectivity index (χ2v) is 6.73. The van der Waals surface area contributed by atoms with Gasteiger partial charge in [-0.1, -0.05) is 6.92 Å². The van der Waals surface area contributed by atoms with Crippen LogP contribution in [0.5, 0.6) is 5.75 Å². The summed E-state index contributed by atoms with van der Waals surface area (Å²) in [5.74, 6) is 0.738. The van der Waals surface area contributed by atoms with Crippen LogP contribution in [0.2, 0.25) is 0 Å². The van der Waals surface area contributed by atoms with Crippen molar-refractivity contribution in [3.8, 4) is 5.75 Å². The quantitative estimate of drug-likeness (QED) is 0.882. The van der Waals surface area contributed by atoms with Crippen molar-refractivity contribution in [1.29, 1.82) is 0 Å². The van der Waals surface area contributed by atoms with Gasteiger partial charge in [0.05, 0.1) is 4.90 Å². The Balaban J connectivity index is 1.89. The summed E-state index contributed by atoms with van der Waals surface area (Å²) in [6.07, 6.45) is 3.48. The van der Waals surface area contributed by atoms with Crippen LogP contribution in [-0.2, 0) is 9.84 Å². The van der Waals surface area contributed by atoms with E-state index in [1.165, 1.54) is 6.26 Å². The van der Waals surface area contributed by atoms with Gasteiger partial charge in [-0.05, 0) is 43.7 Å². The monoisotopic (exact) mass is 269 g/mol. The van der Waals surface area contributed by atoms with E-state index in [2.05, 4.69) is 12.2 Å². The van der Waals surface area contributed by atoms with Gasteiger partial charge in [0.2, 0.25) is 0 Å². The van der Waals surface area contributed by atoms with E-state index in [9.17, 15) is 8.42 Å². The van der Waals surface area contributed by atoms with Crippen molar-refractivity contribution in [3.05, 3.63) is 24.3 Å². The molecule has 0 radical (unpaired) electrons. The highest BCUT2D eigenvalue weighted by Gasteiger charge is 2.29. The van der Waals surface area contributed by atoms with Gasteiger partial charge in [0.15, 0.2) is 9.84 Å². The van der Waals surface area contributed by atoms with Gasteiger partial charge in [-0.3, -0.25) is 0 Å². The molecule has 1 aliphatic rings. The van der Waals surface area contributed by atoms with Gasteiger partial charge in [-0.2, -0.15) is 0 Å². The van der Waals surface area contributed by atoms with Gasteiger partial charge in [-0.25, -0.2) is 8.42 Å². The molecule has 18 heavy (non-hydrogen) atoms. The van der Waals surface area contributed by atoms with E-state index in [4.69, 9.17) is 4.74 Å². The molecule has 0 aliphatic heterocycles. The molecule has 2 rings (SSSR count). The number of nitrogens with one attached hydrogen (secondary N) is 1. The minimum atomic E-state index is -3.12. The highest BCUT2D eigenvalue weighted by atomic mass is 32.2. The van der Waals surface area contributed by atoms with Crippen LogP contribution in [0.25, 0.3) is 0 Å². The lowest BCUT2D eigenvalue weighted by Crippen LogP contribution is -2.46. The fourth-order valence-corrected chi connectivity index (χ4v) is 2.71. The number of hydrogen-bond donors (Lipinski definition) is 1. The summed E-state index contributed by atoms with van der Waals surface area (Å²) >= 11 is 0. The molecule has 1 aromatic carbocycles. The molecule has 0 aromatic heterocycles. The maximum absolute atomic E-state index is 11.3. The summed E-state index contributed by atoms with van der Waals surface area (Å²) in [7, 11) is -3.12. The molecule has 0 spiro atoms. The number of ether oxygens (including phenoxy) is 1. The van der Waals surface area contributed by atoms with Crippen LogP contribution in [0.15, 0.2) is 29.2 Å². The summed E-state index contributed by atoms with van der Waals surface area (Å²) in [5, 5.41) is 3.37. The van der Waals surface area contributed by atoms with Crippen LogP contribution < -0.4 is 10.1 Å². The molecule has 5 heteroatoms. The van der Waals surface area contributed by atoms with Gasteiger partial charge in [-0.15, -0.1) is 0 Å². The van der Waals surface area contributed by atoms with E-state index in [-0.39, 0.29) is 6.10 Å². The largest absolute Gasteiger partial charge is 0.490 e. The topological polar surface area (TPSA) is 55.4 Å². The molecule has 1 saturated carbocycles. The molecule has 0 saturated heterocycles. The van der Waals surface area contributed by atoms with Crippen molar-refractivity contribution in [2.75, 3.05) is 12.8 Å². The third-order valence-electron chi connectivity index (χ3n) is 3.14. The number of benzene rings is 1. The first-order chi connectivity index (χ1) is 8.49. The molecule has 4 nitrogen and oxygen atoms in total. The molecule has 0 unspecified atom stereocenters. The third-order valence-corrected chi connectivity index (χ3v) is 4.27. The summed E-state index contributed by atoms with van der Waals surface area (Å²) < 4.78 is 28.4. The number of rotatable bonds is 5. The highest BCUT2D eigenvalue weighted by molar-refractivity contribution is 7.90.